The summed E-state index contributed by atoms with van der Waals surface area (Å²) in [6.45, 7) is 2.13. The maximum Gasteiger partial charge on any atom is 0.315 e. The van der Waals surface area contributed by atoms with Gasteiger partial charge in [-0.3, -0.25) is 0 Å². The fourth-order valence-corrected chi connectivity index (χ4v) is 3.85. The third-order valence-electron chi connectivity index (χ3n) is 4.49. The molecule has 2 amide bonds. The molecule has 0 aliphatic carbocycles. The Kier molecular flexibility index (Phi) is 4.95. The minimum Gasteiger partial charge on any atom is -0.351 e. The summed E-state index contributed by atoms with van der Waals surface area (Å²) in [6.07, 6.45) is 2.11. The summed E-state index contributed by atoms with van der Waals surface area (Å²) in [4.78, 5) is 13.3. The average Bonchev–Trinajstić information content (AvgIpc) is 2.44. The van der Waals surface area contributed by atoms with Gasteiger partial charge in [0.2, 0.25) is 10.0 Å². The number of carbonyl (C=O) groups excluding carboxylic acids is 1. The van der Waals surface area contributed by atoms with E-state index >= 15 is 0 Å². The van der Waals surface area contributed by atoms with Crippen molar-refractivity contribution in [3.8, 4) is 0 Å². The minimum atomic E-state index is -3.32. The lowest BCUT2D eigenvalue weighted by Crippen LogP contribution is -2.50. The second kappa shape index (κ2) is 6.45. The molecular weight excluding hydrogens is 321 g/mol. The van der Waals surface area contributed by atoms with Gasteiger partial charge in [-0.15, -0.1) is 0 Å². The first-order chi connectivity index (χ1) is 10.6. The van der Waals surface area contributed by atoms with Crippen LogP contribution in [0.15, 0.2) is 18.2 Å². The van der Waals surface area contributed by atoms with Gasteiger partial charge in [-0.05, 0) is 43.0 Å². The Balaban J connectivity index is 2.36. The first-order valence-electron chi connectivity index (χ1n) is 7.36. The molecule has 1 aliphatic heterocycles. The van der Waals surface area contributed by atoms with E-state index in [1.165, 1.54) is 28.4 Å². The molecule has 6 nitrogen and oxygen atoms in total. The number of likely N-dealkylation sites (tertiary alicyclic amines) is 1. The number of rotatable bonds is 3. The van der Waals surface area contributed by atoms with Crippen molar-refractivity contribution in [3.05, 3.63) is 35.1 Å². The van der Waals surface area contributed by atoms with Crippen LogP contribution in [0.2, 0.25) is 0 Å². The van der Waals surface area contributed by atoms with Crippen molar-refractivity contribution < 1.29 is 17.6 Å². The SMILES string of the molecule is Cc1cc(F)ccc1C1CC(N(C)S(C)(=O)=O)CCN1C(N)=O. The van der Waals surface area contributed by atoms with Crippen LogP contribution in [0.1, 0.15) is 30.0 Å². The van der Waals surface area contributed by atoms with Crippen LogP contribution in [-0.4, -0.2) is 49.5 Å². The van der Waals surface area contributed by atoms with Crippen LogP contribution in [-0.2, 0) is 10.0 Å². The molecular formula is C15H22FN3O3S. The lowest BCUT2D eigenvalue weighted by atomic mass is 9.89. The fourth-order valence-electron chi connectivity index (χ4n) is 3.12. The molecule has 23 heavy (non-hydrogen) atoms. The van der Waals surface area contributed by atoms with Crippen LogP contribution in [0.4, 0.5) is 9.18 Å². The summed E-state index contributed by atoms with van der Waals surface area (Å²) >= 11 is 0. The fraction of sp³-hybridized carbons (Fsp3) is 0.533. The number of carbonyl (C=O) groups is 1. The van der Waals surface area contributed by atoms with Crippen LogP contribution in [0.3, 0.4) is 0 Å². The Labute approximate surface area is 136 Å². The molecule has 1 heterocycles. The molecule has 8 heteroatoms. The minimum absolute atomic E-state index is 0.227. The lowest BCUT2D eigenvalue weighted by molar-refractivity contribution is 0.127. The normalized spacial score (nSPS) is 22.4. The molecule has 0 spiro atoms. The molecule has 2 atom stereocenters. The number of nitrogens with two attached hydrogens (primary N) is 1. The van der Waals surface area contributed by atoms with Gasteiger partial charge in [0, 0.05) is 19.6 Å². The average molecular weight is 343 g/mol. The number of nitrogens with zero attached hydrogens (tertiary/aromatic N) is 2. The van der Waals surface area contributed by atoms with Gasteiger partial charge < -0.3 is 10.6 Å². The van der Waals surface area contributed by atoms with Crippen LogP contribution in [0.5, 0.6) is 0 Å². The number of sulfonamides is 1. The maximum absolute atomic E-state index is 13.3. The number of halogens is 1. The Morgan fingerprint density at radius 3 is 2.61 bits per heavy atom. The van der Waals surface area contributed by atoms with Crippen molar-refractivity contribution in [2.24, 2.45) is 5.73 Å². The van der Waals surface area contributed by atoms with Crippen LogP contribution >= 0.6 is 0 Å². The molecule has 0 radical (unpaired) electrons. The second-order valence-corrected chi connectivity index (χ2v) is 8.05. The number of primary amides is 1. The quantitative estimate of drug-likeness (QED) is 0.905. The Bertz CT molecular complexity index is 708. The zero-order valence-electron chi connectivity index (χ0n) is 13.5. The topological polar surface area (TPSA) is 83.7 Å². The summed E-state index contributed by atoms with van der Waals surface area (Å²) in [5.41, 5.74) is 6.96. The van der Waals surface area contributed by atoms with E-state index in [0.717, 1.165) is 11.8 Å². The zero-order chi connectivity index (χ0) is 17.4. The van der Waals surface area contributed by atoms with Crippen molar-refractivity contribution in [2.45, 2.75) is 31.8 Å². The monoisotopic (exact) mass is 343 g/mol. The number of hydrogen-bond donors (Lipinski definition) is 1. The molecule has 1 fully saturated rings. The standard InChI is InChI=1S/C15H22FN3O3S/c1-10-8-11(16)4-5-13(10)14-9-12(18(2)23(3,21)22)6-7-19(14)15(17)20/h4-5,8,12,14H,6-7,9H2,1-3H3,(H2,17,20). The largest absolute Gasteiger partial charge is 0.351 e. The van der Waals surface area contributed by atoms with Crippen molar-refractivity contribution in [1.82, 2.24) is 9.21 Å². The third-order valence-corrected chi connectivity index (χ3v) is 5.83. The van der Waals surface area contributed by atoms with E-state index in [-0.39, 0.29) is 17.9 Å². The third kappa shape index (κ3) is 3.81. The highest BCUT2D eigenvalue weighted by Crippen LogP contribution is 2.35. The highest BCUT2D eigenvalue weighted by molar-refractivity contribution is 7.88. The molecule has 2 rings (SSSR count). The van der Waals surface area contributed by atoms with Crippen molar-refractivity contribution in [2.75, 3.05) is 19.8 Å². The Hall–Kier alpha value is -1.67. The highest BCUT2D eigenvalue weighted by atomic mass is 32.2. The first kappa shape index (κ1) is 17.7. The van der Waals surface area contributed by atoms with Crippen LogP contribution in [0.25, 0.3) is 0 Å². The van der Waals surface area contributed by atoms with Gasteiger partial charge >= 0.3 is 6.03 Å². The lowest BCUT2D eigenvalue weighted by Gasteiger charge is -2.41. The summed E-state index contributed by atoms with van der Waals surface area (Å²) < 4.78 is 38.2. The number of piperidine rings is 1. The molecule has 2 N–H and O–H groups in total. The van der Waals surface area contributed by atoms with Crippen LogP contribution < -0.4 is 5.73 Å². The van der Waals surface area contributed by atoms with E-state index in [2.05, 4.69) is 0 Å². The van der Waals surface area contributed by atoms with Crippen molar-refractivity contribution in [3.63, 3.8) is 0 Å². The van der Waals surface area contributed by atoms with E-state index in [1.54, 1.807) is 13.0 Å². The Morgan fingerprint density at radius 1 is 1.43 bits per heavy atom. The Morgan fingerprint density at radius 2 is 2.09 bits per heavy atom. The molecule has 0 aromatic heterocycles. The van der Waals surface area contributed by atoms with Gasteiger partial charge in [0.1, 0.15) is 5.82 Å². The van der Waals surface area contributed by atoms with Crippen molar-refractivity contribution >= 4 is 16.1 Å². The van der Waals surface area contributed by atoms with Gasteiger partial charge in [0.25, 0.3) is 0 Å². The molecule has 1 aromatic rings. The smallest absolute Gasteiger partial charge is 0.315 e. The predicted molar refractivity (Wildman–Crippen MR) is 85.8 cm³/mol. The van der Waals surface area contributed by atoms with Gasteiger partial charge in [-0.1, -0.05) is 6.07 Å². The maximum atomic E-state index is 13.3. The number of hydrogen-bond acceptors (Lipinski definition) is 3. The molecule has 2 unspecified atom stereocenters. The molecule has 0 bridgehead atoms. The van der Waals surface area contributed by atoms with Gasteiger partial charge in [-0.25, -0.2) is 21.9 Å². The number of benzene rings is 1. The van der Waals surface area contributed by atoms with E-state index < -0.39 is 16.1 Å². The van der Waals surface area contributed by atoms with Crippen molar-refractivity contribution in [1.29, 1.82) is 0 Å². The number of aryl methyl sites for hydroxylation is 1. The number of amides is 2. The molecule has 0 saturated carbocycles. The first-order valence-corrected chi connectivity index (χ1v) is 9.21. The summed E-state index contributed by atoms with van der Waals surface area (Å²) in [7, 11) is -1.79. The summed E-state index contributed by atoms with van der Waals surface area (Å²) in [6, 6.07) is 3.23. The number of urea groups is 1. The molecule has 128 valence electrons. The summed E-state index contributed by atoms with van der Waals surface area (Å²) in [5, 5.41) is 0. The van der Waals surface area contributed by atoms with E-state index in [4.69, 9.17) is 5.73 Å². The van der Waals surface area contributed by atoms with E-state index in [0.29, 0.717) is 24.9 Å². The predicted octanol–water partition coefficient (Wildman–Crippen LogP) is 1.61. The van der Waals surface area contributed by atoms with E-state index in [1.807, 2.05) is 0 Å². The van der Waals surface area contributed by atoms with Crippen LogP contribution in [0, 0.1) is 12.7 Å². The highest BCUT2D eigenvalue weighted by Gasteiger charge is 2.36. The molecule has 1 saturated heterocycles. The van der Waals surface area contributed by atoms with Gasteiger partial charge in [0.15, 0.2) is 0 Å². The summed E-state index contributed by atoms with van der Waals surface area (Å²) in [5.74, 6) is -0.350. The van der Waals surface area contributed by atoms with Gasteiger partial charge in [-0.2, -0.15) is 0 Å². The van der Waals surface area contributed by atoms with E-state index in [9.17, 15) is 17.6 Å². The molecule has 1 aliphatic rings. The molecule has 1 aromatic carbocycles. The zero-order valence-corrected chi connectivity index (χ0v) is 14.3. The van der Waals surface area contributed by atoms with Gasteiger partial charge in [0.05, 0.1) is 12.3 Å². The second-order valence-electron chi connectivity index (χ2n) is 6.01.